The van der Waals surface area contributed by atoms with Gasteiger partial charge in [0.15, 0.2) is 0 Å². The monoisotopic (exact) mass is 582 g/mol. The molecular weight excluding hydrogens is 555 g/mol. The third-order valence-electron chi connectivity index (χ3n) is 6.21. The van der Waals surface area contributed by atoms with Crippen LogP contribution in [0.1, 0.15) is 22.5 Å². The quantitative estimate of drug-likeness (QED) is 0.190. The van der Waals surface area contributed by atoms with Crippen LogP contribution in [0.4, 0.5) is 0 Å². The van der Waals surface area contributed by atoms with Gasteiger partial charge in [0.1, 0.15) is 0 Å². The van der Waals surface area contributed by atoms with E-state index in [4.69, 9.17) is 23.2 Å². The molecule has 0 saturated heterocycles. The van der Waals surface area contributed by atoms with E-state index >= 15 is 0 Å². The summed E-state index contributed by atoms with van der Waals surface area (Å²) < 4.78 is 30.0. The van der Waals surface area contributed by atoms with Crippen molar-refractivity contribution in [2.75, 3.05) is 13.1 Å². The first-order valence-corrected chi connectivity index (χ1v) is 14.4. The molecule has 0 aliphatic heterocycles. The second kappa shape index (κ2) is 12.6. The Bertz CT molecular complexity index is 1570. The van der Waals surface area contributed by atoms with Crippen LogP contribution in [0.2, 0.25) is 10.0 Å². The van der Waals surface area contributed by atoms with Crippen molar-refractivity contribution in [3.05, 3.63) is 117 Å². The Kier molecular flexibility index (Phi) is 9.24. The molecule has 7 nitrogen and oxygen atoms in total. The standard InChI is InChI=1S/C29H28Cl2N4O3S/c1-21-18-24(22(2)35(21)27-12-8-25(30)9-13-27)19-32-33-29(36)20-34(17-16-23-6-4-3-5-7-23)39(37,38)28-14-10-26(31)11-15-28/h3-15,18-19H,16-17,20H2,1-2H3,(H,33,36)/b32-19+. The molecule has 1 aromatic heterocycles. The molecule has 0 atom stereocenters. The molecular formula is C29H28Cl2N4O3S. The predicted molar refractivity (Wildman–Crippen MR) is 156 cm³/mol. The van der Waals surface area contributed by atoms with Gasteiger partial charge in [0.25, 0.3) is 5.91 Å². The number of carbonyl (C=O) groups excluding carboxylic acids is 1. The summed E-state index contributed by atoms with van der Waals surface area (Å²) in [6, 6.07) is 24.8. The first-order valence-electron chi connectivity index (χ1n) is 12.2. The molecule has 0 bridgehead atoms. The van der Waals surface area contributed by atoms with Crippen LogP contribution in [0.5, 0.6) is 0 Å². The molecule has 4 aromatic rings. The van der Waals surface area contributed by atoms with Crippen molar-refractivity contribution in [3.8, 4) is 5.69 Å². The molecule has 0 unspecified atom stereocenters. The summed E-state index contributed by atoms with van der Waals surface area (Å²) in [5, 5.41) is 5.18. The van der Waals surface area contributed by atoms with Gasteiger partial charge in [-0.1, -0.05) is 53.5 Å². The summed E-state index contributed by atoms with van der Waals surface area (Å²) in [6.07, 6.45) is 2.00. The lowest BCUT2D eigenvalue weighted by Gasteiger charge is -2.21. The van der Waals surface area contributed by atoms with Gasteiger partial charge in [-0.15, -0.1) is 0 Å². The Morgan fingerprint density at radius 3 is 2.21 bits per heavy atom. The smallest absolute Gasteiger partial charge is 0.255 e. The average Bonchev–Trinajstić information content (AvgIpc) is 3.20. The van der Waals surface area contributed by atoms with Crippen molar-refractivity contribution >= 4 is 45.3 Å². The van der Waals surface area contributed by atoms with E-state index in [1.54, 1.807) is 6.21 Å². The van der Waals surface area contributed by atoms with Crippen molar-refractivity contribution in [2.45, 2.75) is 25.2 Å². The summed E-state index contributed by atoms with van der Waals surface area (Å²) in [6.45, 7) is 3.66. The SMILES string of the molecule is Cc1cc(/C=N/NC(=O)CN(CCc2ccccc2)S(=O)(=O)c2ccc(Cl)cc2)c(C)n1-c1ccc(Cl)cc1. The zero-order chi connectivity index (χ0) is 28.0. The van der Waals surface area contributed by atoms with E-state index in [2.05, 4.69) is 15.1 Å². The molecule has 4 rings (SSSR count). The van der Waals surface area contributed by atoms with E-state index < -0.39 is 15.9 Å². The fourth-order valence-corrected chi connectivity index (χ4v) is 5.86. The number of amides is 1. The van der Waals surface area contributed by atoms with Crippen LogP contribution in [-0.4, -0.2) is 42.5 Å². The number of rotatable bonds is 10. The zero-order valence-corrected chi connectivity index (χ0v) is 23.8. The predicted octanol–water partition coefficient (Wildman–Crippen LogP) is 5.78. The number of nitrogens with zero attached hydrogens (tertiary/aromatic N) is 3. The molecule has 0 fully saturated rings. The fraction of sp³-hybridized carbons (Fsp3) is 0.172. The zero-order valence-electron chi connectivity index (χ0n) is 21.5. The summed E-state index contributed by atoms with van der Waals surface area (Å²) in [5.74, 6) is -0.552. The summed E-state index contributed by atoms with van der Waals surface area (Å²) in [4.78, 5) is 12.9. The second-order valence-corrected chi connectivity index (χ2v) is 11.8. The first kappa shape index (κ1) is 28.6. The topological polar surface area (TPSA) is 83.8 Å². The highest BCUT2D eigenvalue weighted by atomic mass is 35.5. The van der Waals surface area contributed by atoms with E-state index in [-0.39, 0.29) is 18.0 Å². The molecule has 1 N–H and O–H groups in total. The van der Waals surface area contributed by atoms with Crippen LogP contribution in [0.25, 0.3) is 5.69 Å². The lowest BCUT2D eigenvalue weighted by Crippen LogP contribution is -2.40. The fourth-order valence-electron chi connectivity index (χ4n) is 4.21. The Hall–Kier alpha value is -3.43. The van der Waals surface area contributed by atoms with Gasteiger partial charge in [-0.2, -0.15) is 9.41 Å². The molecule has 10 heteroatoms. The summed E-state index contributed by atoms with van der Waals surface area (Å²) in [5.41, 5.74) is 7.13. The minimum absolute atomic E-state index is 0.0610. The molecule has 1 amide bonds. The molecule has 0 saturated carbocycles. The highest BCUT2D eigenvalue weighted by Gasteiger charge is 2.26. The Labute approximate surface area is 238 Å². The van der Waals surface area contributed by atoms with Crippen LogP contribution < -0.4 is 5.43 Å². The van der Waals surface area contributed by atoms with Crippen LogP contribution in [0.3, 0.4) is 0 Å². The van der Waals surface area contributed by atoms with Gasteiger partial charge in [0.2, 0.25) is 10.0 Å². The largest absolute Gasteiger partial charge is 0.318 e. The third-order valence-corrected chi connectivity index (χ3v) is 8.58. The van der Waals surface area contributed by atoms with Crippen molar-refractivity contribution in [1.29, 1.82) is 0 Å². The second-order valence-electron chi connectivity index (χ2n) is 8.96. The molecule has 3 aromatic carbocycles. The Balaban J connectivity index is 1.48. The van der Waals surface area contributed by atoms with Crippen molar-refractivity contribution in [1.82, 2.24) is 14.3 Å². The molecule has 39 heavy (non-hydrogen) atoms. The number of hydrogen-bond acceptors (Lipinski definition) is 4. The number of aromatic nitrogens is 1. The van der Waals surface area contributed by atoms with E-state index in [0.29, 0.717) is 16.5 Å². The maximum absolute atomic E-state index is 13.4. The maximum Gasteiger partial charge on any atom is 0.255 e. The Morgan fingerprint density at radius 1 is 0.949 bits per heavy atom. The number of nitrogens with one attached hydrogen (secondary N) is 1. The van der Waals surface area contributed by atoms with Gasteiger partial charge in [-0.25, -0.2) is 13.8 Å². The summed E-state index contributed by atoms with van der Waals surface area (Å²) >= 11 is 12.0. The highest BCUT2D eigenvalue weighted by Crippen LogP contribution is 2.22. The number of carbonyl (C=O) groups is 1. The Morgan fingerprint density at radius 2 is 1.56 bits per heavy atom. The number of aryl methyl sites for hydroxylation is 1. The molecule has 0 aliphatic rings. The summed E-state index contributed by atoms with van der Waals surface area (Å²) in [7, 11) is -3.95. The van der Waals surface area contributed by atoms with E-state index in [1.807, 2.05) is 74.5 Å². The first-order chi connectivity index (χ1) is 18.6. The van der Waals surface area contributed by atoms with Crippen LogP contribution in [0, 0.1) is 13.8 Å². The van der Waals surface area contributed by atoms with Gasteiger partial charge in [0.05, 0.1) is 17.7 Å². The number of halogens is 2. The number of sulfonamides is 1. The average molecular weight is 584 g/mol. The normalized spacial score (nSPS) is 11.8. The lowest BCUT2D eigenvalue weighted by molar-refractivity contribution is -0.121. The van der Waals surface area contributed by atoms with Crippen LogP contribution in [0.15, 0.2) is 94.9 Å². The van der Waals surface area contributed by atoms with Gasteiger partial charge in [-0.3, -0.25) is 4.79 Å². The van der Waals surface area contributed by atoms with Gasteiger partial charge >= 0.3 is 0 Å². The number of hydrazone groups is 1. The van der Waals surface area contributed by atoms with Gasteiger partial charge in [0, 0.05) is 39.2 Å². The molecule has 0 spiro atoms. The number of benzene rings is 3. The van der Waals surface area contributed by atoms with Gasteiger partial charge in [-0.05, 0) is 80.4 Å². The van der Waals surface area contributed by atoms with E-state index in [1.165, 1.54) is 24.3 Å². The molecule has 0 radical (unpaired) electrons. The van der Waals surface area contributed by atoms with E-state index in [9.17, 15) is 13.2 Å². The molecule has 202 valence electrons. The van der Waals surface area contributed by atoms with Crippen molar-refractivity contribution < 1.29 is 13.2 Å². The molecule has 1 heterocycles. The van der Waals surface area contributed by atoms with Crippen molar-refractivity contribution in [3.63, 3.8) is 0 Å². The lowest BCUT2D eigenvalue weighted by atomic mass is 10.1. The van der Waals surface area contributed by atoms with Crippen LogP contribution >= 0.6 is 23.2 Å². The minimum atomic E-state index is -3.95. The highest BCUT2D eigenvalue weighted by molar-refractivity contribution is 7.89. The minimum Gasteiger partial charge on any atom is -0.318 e. The molecule has 0 aliphatic carbocycles. The van der Waals surface area contributed by atoms with Crippen molar-refractivity contribution in [2.24, 2.45) is 5.10 Å². The van der Waals surface area contributed by atoms with E-state index in [0.717, 1.165) is 32.5 Å². The van der Waals surface area contributed by atoms with Gasteiger partial charge < -0.3 is 4.57 Å². The number of hydrogen-bond donors (Lipinski definition) is 1. The van der Waals surface area contributed by atoms with Crippen LogP contribution in [-0.2, 0) is 21.2 Å². The maximum atomic E-state index is 13.4. The third kappa shape index (κ3) is 7.16.